The quantitative estimate of drug-likeness (QED) is 0.0518. The van der Waals surface area contributed by atoms with Gasteiger partial charge in [0.05, 0.1) is 33.0 Å². The normalized spacial score (nSPS) is 19.9. The second kappa shape index (κ2) is 24.3. The third-order valence-corrected chi connectivity index (χ3v) is 11.9. The summed E-state index contributed by atoms with van der Waals surface area (Å²) >= 11 is 0. The number of carbonyl (C=O) groups is 2. The Morgan fingerprint density at radius 1 is 0.746 bits per heavy atom. The smallest absolute Gasteiger partial charge is 0.302 e. The molecule has 1 aliphatic rings. The maximum atomic E-state index is 12.8. The van der Waals surface area contributed by atoms with E-state index in [1.54, 1.807) is 14.2 Å². The van der Waals surface area contributed by atoms with Crippen molar-refractivity contribution >= 4 is 11.9 Å². The summed E-state index contributed by atoms with van der Waals surface area (Å²) in [5.74, 6) is 2.20. The van der Waals surface area contributed by atoms with Gasteiger partial charge in [0.2, 0.25) is 5.91 Å². The van der Waals surface area contributed by atoms with E-state index in [-0.39, 0.29) is 49.3 Å². The molecule has 0 aliphatic carbocycles. The highest BCUT2D eigenvalue weighted by molar-refractivity contribution is 5.75. The summed E-state index contributed by atoms with van der Waals surface area (Å²) in [5, 5.41) is 11.3. The molecule has 5 unspecified atom stereocenters. The summed E-state index contributed by atoms with van der Waals surface area (Å²) in [6.07, 6.45) is 4.80. The van der Waals surface area contributed by atoms with Gasteiger partial charge in [-0.15, -0.1) is 0 Å². The predicted octanol–water partition coefficient (Wildman–Crippen LogP) is 7.71. The molecule has 3 aromatic carbocycles. The predicted molar refractivity (Wildman–Crippen MR) is 230 cm³/mol. The SMILES string of the molecule is COc1ccc(C(OC[C@@H](O)CN(C)CCCCCCN(C)C(=O)CCCCOC2OC(COC(C)=O)C(C)C(C)C2C)(c2ccccc2)c2ccc(OC)cc2)cc1. The molecule has 0 aromatic heterocycles. The number of aliphatic hydroxyl groups excluding tert-OH is 1. The molecular formula is C48H70N2O9. The number of methoxy groups -OCH3 is 2. The lowest BCUT2D eigenvalue weighted by Crippen LogP contribution is -2.47. The molecule has 1 aliphatic heterocycles. The lowest BCUT2D eigenvalue weighted by molar-refractivity contribution is -0.255. The van der Waals surface area contributed by atoms with Gasteiger partial charge in [0, 0.05) is 46.0 Å². The maximum absolute atomic E-state index is 12.8. The first-order valence-corrected chi connectivity index (χ1v) is 21.4. The van der Waals surface area contributed by atoms with Crippen LogP contribution in [0.4, 0.5) is 0 Å². The van der Waals surface area contributed by atoms with E-state index in [0.717, 1.165) is 79.8 Å². The molecule has 0 saturated carbocycles. The van der Waals surface area contributed by atoms with Gasteiger partial charge < -0.3 is 43.3 Å². The number of carbonyl (C=O) groups excluding carboxylic acids is 2. The Hall–Kier alpha value is -4.00. The first kappa shape index (κ1) is 47.7. The van der Waals surface area contributed by atoms with Crippen molar-refractivity contribution in [3.63, 3.8) is 0 Å². The Kier molecular flexibility index (Phi) is 19.6. The van der Waals surface area contributed by atoms with Crippen molar-refractivity contribution in [2.75, 3.05) is 67.8 Å². The zero-order valence-corrected chi connectivity index (χ0v) is 36.8. The van der Waals surface area contributed by atoms with Crippen LogP contribution in [0.1, 0.15) is 89.3 Å². The van der Waals surface area contributed by atoms with E-state index < -0.39 is 11.7 Å². The molecule has 1 amide bonds. The fourth-order valence-corrected chi connectivity index (χ4v) is 7.84. The number of rotatable bonds is 25. The number of amides is 1. The van der Waals surface area contributed by atoms with E-state index in [2.05, 4.69) is 37.8 Å². The lowest BCUT2D eigenvalue weighted by atomic mass is 9.79. The Labute approximate surface area is 353 Å². The largest absolute Gasteiger partial charge is 0.497 e. The highest BCUT2D eigenvalue weighted by atomic mass is 16.7. The molecule has 6 atom stereocenters. The highest BCUT2D eigenvalue weighted by Crippen LogP contribution is 2.42. The third-order valence-electron chi connectivity index (χ3n) is 11.9. The van der Waals surface area contributed by atoms with Crippen molar-refractivity contribution in [2.45, 2.75) is 96.7 Å². The second-order valence-electron chi connectivity index (χ2n) is 16.2. The fraction of sp³-hybridized carbons (Fsp3) is 0.583. The van der Waals surface area contributed by atoms with Gasteiger partial charge in [0.25, 0.3) is 0 Å². The van der Waals surface area contributed by atoms with Crippen molar-refractivity contribution < 1.29 is 43.1 Å². The molecule has 11 nitrogen and oxygen atoms in total. The number of nitrogens with zero attached hydrogens (tertiary/aromatic N) is 2. The number of likely N-dealkylation sites (N-methyl/N-ethyl adjacent to an activating group) is 1. The molecule has 11 heteroatoms. The fourth-order valence-electron chi connectivity index (χ4n) is 7.84. The second-order valence-corrected chi connectivity index (χ2v) is 16.2. The van der Waals surface area contributed by atoms with Crippen molar-refractivity contribution in [1.82, 2.24) is 9.80 Å². The van der Waals surface area contributed by atoms with Crippen LogP contribution in [0.2, 0.25) is 0 Å². The van der Waals surface area contributed by atoms with Crippen LogP contribution in [0.15, 0.2) is 78.9 Å². The van der Waals surface area contributed by atoms with Crippen LogP contribution in [0.3, 0.4) is 0 Å². The van der Waals surface area contributed by atoms with Crippen LogP contribution >= 0.6 is 0 Å². The molecule has 59 heavy (non-hydrogen) atoms. The zero-order chi connectivity index (χ0) is 42.8. The van der Waals surface area contributed by atoms with Crippen LogP contribution in [0.25, 0.3) is 0 Å². The van der Waals surface area contributed by atoms with E-state index >= 15 is 0 Å². The summed E-state index contributed by atoms with van der Waals surface area (Å²) in [5.41, 5.74) is 1.81. The summed E-state index contributed by atoms with van der Waals surface area (Å²) in [6, 6.07) is 25.9. The summed E-state index contributed by atoms with van der Waals surface area (Å²) < 4.78 is 35.3. The molecule has 0 radical (unpaired) electrons. The lowest BCUT2D eigenvalue weighted by Gasteiger charge is -2.43. The monoisotopic (exact) mass is 819 g/mol. The Morgan fingerprint density at radius 3 is 1.90 bits per heavy atom. The zero-order valence-electron chi connectivity index (χ0n) is 36.8. The summed E-state index contributed by atoms with van der Waals surface area (Å²) in [7, 11) is 7.22. The molecule has 326 valence electrons. The molecule has 1 saturated heterocycles. The average Bonchev–Trinajstić information content (AvgIpc) is 3.24. The van der Waals surface area contributed by atoms with Crippen molar-refractivity contribution in [3.05, 3.63) is 95.6 Å². The number of unbranched alkanes of at least 4 members (excludes halogenated alkanes) is 4. The van der Waals surface area contributed by atoms with Gasteiger partial charge in [-0.2, -0.15) is 0 Å². The number of esters is 1. The average molecular weight is 819 g/mol. The van der Waals surface area contributed by atoms with E-state index in [9.17, 15) is 14.7 Å². The van der Waals surface area contributed by atoms with E-state index in [1.807, 2.05) is 85.7 Å². The molecule has 0 spiro atoms. The minimum absolute atomic E-state index is 0.122. The molecular weight excluding hydrogens is 749 g/mol. The van der Waals surface area contributed by atoms with E-state index in [1.165, 1.54) is 6.92 Å². The Bertz CT molecular complexity index is 1610. The van der Waals surface area contributed by atoms with Crippen molar-refractivity contribution in [1.29, 1.82) is 0 Å². The van der Waals surface area contributed by atoms with E-state index in [0.29, 0.717) is 25.5 Å². The maximum Gasteiger partial charge on any atom is 0.302 e. The summed E-state index contributed by atoms with van der Waals surface area (Å²) in [6.45, 7) is 10.8. The number of hydrogen-bond acceptors (Lipinski definition) is 10. The Morgan fingerprint density at radius 2 is 1.32 bits per heavy atom. The van der Waals surface area contributed by atoms with Crippen molar-refractivity contribution in [3.8, 4) is 11.5 Å². The minimum Gasteiger partial charge on any atom is -0.497 e. The van der Waals surface area contributed by atoms with Gasteiger partial charge in [0.15, 0.2) is 6.29 Å². The van der Waals surface area contributed by atoms with E-state index in [4.69, 9.17) is 28.4 Å². The molecule has 3 aromatic rings. The van der Waals surface area contributed by atoms with Crippen molar-refractivity contribution in [2.24, 2.45) is 17.8 Å². The molecule has 0 bridgehead atoms. The van der Waals surface area contributed by atoms with Crippen LogP contribution in [-0.4, -0.2) is 113 Å². The van der Waals surface area contributed by atoms with Crippen LogP contribution in [0.5, 0.6) is 11.5 Å². The standard InChI is InChI=1S/C48H70N2O9/c1-35-36(2)45(34-57-38(4)51)59-47(37(35)3)56-31-17-14-20-46(53)50(6)30-16-10-9-15-29-49(5)32-42(52)33-58-48(39-18-12-11-13-19-39,40-21-25-43(54-7)26-22-40)41-23-27-44(55-8)28-24-41/h11-13,18-19,21-28,35-37,42,45,47,52H,9-10,14-17,20,29-34H2,1-8H3/t35?,36?,37?,42-,45?,47?/m0/s1. The highest BCUT2D eigenvalue weighted by Gasteiger charge is 2.40. The van der Waals surface area contributed by atoms with Crippen LogP contribution < -0.4 is 9.47 Å². The number of aliphatic hydroxyl groups is 1. The molecule has 4 rings (SSSR count). The minimum atomic E-state index is -0.984. The van der Waals surface area contributed by atoms with Gasteiger partial charge in [-0.3, -0.25) is 9.59 Å². The molecule has 1 N–H and O–H groups in total. The number of benzene rings is 3. The first-order valence-electron chi connectivity index (χ1n) is 21.4. The Balaban J connectivity index is 1.16. The summed E-state index contributed by atoms with van der Waals surface area (Å²) in [4.78, 5) is 28.1. The van der Waals surface area contributed by atoms with Gasteiger partial charge in [-0.1, -0.05) is 88.2 Å². The third kappa shape index (κ3) is 14.0. The number of ether oxygens (including phenoxy) is 6. The molecule has 1 fully saturated rings. The van der Waals surface area contributed by atoms with Gasteiger partial charge in [-0.05, 0) is 92.1 Å². The van der Waals surface area contributed by atoms with Crippen LogP contribution in [0, 0.1) is 17.8 Å². The van der Waals surface area contributed by atoms with Crippen LogP contribution in [-0.2, 0) is 34.1 Å². The van der Waals surface area contributed by atoms with Gasteiger partial charge in [-0.25, -0.2) is 0 Å². The molecule has 1 heterocycles. The first-order chi connectivity index (χ1) is 28.4. The van der Waals surface area contributed by atoms with Gasteiger partial charge in [0.1, 0.15) is 23.7 Å². The topological polar surface area (TPSA) is 116 Å². The number of hydrogen-bond donors (Lipinski definition) is 1. The van der Waals surface area contributed by atoms with Gasteiger partial charge >= 0.3 is 5.97 Å².